The maximum atomic E-state index is 14.0. The van der Waals surface area contributed by atoms with Crippen LogP contribution >= 0.6 is 0 Å². The Balaban J connectivity index is 1.61. The molecule has 4 heteroatoms. The van der Waals surface area contributed by atoms with Gasteiger partial charge in [-0.1, -0.05) is 37.6 Å². The Hall–Kier alpha value is -2.46. The van der Waals surface area contributed by atoms with Crippen LogP contribution in [-0.4, -0.2) is 23.1 Å². The van der Waals surface area contributed by atoms with E-state index in [0.717, 1.165) is 40.7 Å². The summed E-state index contributed by atoms with van der Waals surface area (Å²) < 4.78 is 20.2. The summed E-state index contributed by atoms with van der Waals surface area (Å²) in [6.07, 6.45) is 1.78. The fourth-order valence-electron chi connectivity index (χ4n) is 6.24. The summed E-state index contributed by atoms with van der Waals surface area (Å²) in [5.41, 5.74) is 6.76. The first-order valence-electron chi connectivity index (χ1n) is 11.4. The average molecular weight is 421 g/mol. The maximum Gasteiger partial charge on any atom is 0.173 e. The van der Waals surface area contributed by atoms with Crippen LogP contribution in [-0.2, 0) is 22.4 Å². The Bertz CT molecular complexity index is 1090. The van der Waals surface area contributed by atoms with Crippen LogP contribution in [0.5, 0.6) is 0 Å². The van der Waals surface area contributed by atoms with Crippen molar-refractivity contribution in [1.29, 1.82) is 0 Å². The Morgan fingerprint density at radius 3 is 2.39 bits per heavy atom. The summed E-state index contributed by atoms with van der Waals surface area (Å²) in [5.74, 6) is -0.758. The highest BCUT2D eigenvalue weighted by Gasteiger charge is 2.62. The smallest absolute Gasteiger partial charge is 0.173 e. The number of hydrogen-bond acceptors (Lipinski definition) is 3. The molecule has 3 nitrogen and oxygen atoms in total. The Morgan fingerprint density at radius 2 is 1.74 bits per heavy atom. The first-order chi connectivity index (χ1) is 14.8. The van der Waals surface area contributed by atoms with E-state index in [1.54, 1.807) is 12.1 Å². The molecule has 3 aliphatic rings. The molecule has 0 spiro atoms. The van der Waals surface area contributed by atoms with E-state index >= 15 is 0 Å². The van der Waals surface area contributed by atoms with Crippen molar-refractivity contribution in [3.8, 4) is 0 Å². The normalized spacial score (nSPS) is 29.2. The highest BCUT2D eigenvalue weighted by molar-refractivity contribution is 6.26. The number of carbonyl (C=O) groups is 1. The zero-order chi connectivity index (χ0) is 22.0. The predicted octanol–water partition coefficient (Wildman–Crippen LogP) is 5.61. The first kappa shape index (κ1) is 20.4. The average Bonchev–Trinajstić information content (AvgIpc) is 3.41. The summed E-state index contributed by atoms with van der Waals surface area (Å²) >= 11 is 0. The lowest BCUT2D eigenvalue weighted by Crippen LogP contribution is -2.33. The van der Waals surface area contributed by atoms with E-state index in [4.69, 9.17) is 4.74 Å². The molecular formula is C27H29FO3. The maximum absolute atomic E-state index is 14.0. The van der Waals surface area contributed by atoms with Crippen molar-refractivity contribution in [2.24, 2.45) is 11.8 Å². The van der Waals surface area contributed by atoms with E-state index in [1.165, 1.54) is 11.6 Å². The molecule has 2 fully saturated rings. The topological polar surface area (TPSA) is 46.5 Å². The number of aliphatic hydroxyl groups excluding tert-OH is 1. The van der Waals surface area contributed by atoms with Crippen LogP contribution in [0.25, 0.3) is 5.57 Å². The first-order valence-corrected chi connectivity index (χ1v) is 11.4. The number of carbonyl (C=O) groups excluding carboxylic acids is 1. The van der Waals surface area contributed by atoms with Gasteiger partial charge in [0, 0.05) is 5.92 Å². The van der Waals surface area contributed by atoms with Crippen molar-refractivity contribution >= 4 is 11.4 Å². The number of Topliss-reactive ketones (excluding diaryl/α,β-unsaturated/α-hetero) is 1. The third-order valence-corrected chi connectivity index (χ3v) is 7.58. The summed E-state index contributed by atoms with van der Waals surface area (Å²) in [5, 5.41) is 11.4. The molecule has 0 saturated carbocycles. The number of ether oxygens (including phenoxy) is 1. The van der Waals surface area contributed by atoms with E-state index in [2.05, 4.69) is 32.9 Å². The minimum absolute atomic E-state index is 0.00874. The SMILES string of the molecule is CCc1cc(C)cc(CC)c1C1=C(O)[C@@H]2[C@@H]3O[C@@H](C[C@H]3c3cc(F)ccc3C)[C@@H]2C1=O. The number of allylic oxidation sites excluding steroid dienone is 1. The highest BCUT2D eigenvalue weighted by Crippen LogP contribution is 2.58. The number of fused-ring (bicyclic) bond motifs is 5. The van der Waals surface area contributed by atoms with Gasteiger partial charge in [-0.05, 0) is 73.1 Å². The fraction of sp³-hybridized carbons (Fsp3) is 0.444. The third kappa shape index (κ3) is 2.91. The van der Waals surface area contributed by atoms with E-state index in [-0.39, 0.29) is 47.3 Å². The molecule has 2 saturated heterocycles. The molecule has 5 rings (SSSR count). The molecule has 0 amide bonds. The molecule has 2 aromatic rings. The number of aliphatic hydroxyl groups is 1. The molecule has 2 aliphatic heterocycles. The van der Waals surface area contributed by atoms with Crippen LogP contribution in [0.15, 0.2) is 36.1 Å². The Morgan fingerprint density at radius 1 is 1.06 bits per heavy atom. The molecule has 2 heterocycles. The third-order valence-electron chi connectivity index (χ3n) is 7.58. The molecule has 2 bridgehead atoms. The molecule has 1 N–H and O–H groups in total. The molecule has 0 radical (unpaired) electrons. The summed E-state index contributed by atoms with van der Waals surface area (Å²) in [4.78, 5) is 13.6. The summed E-state index contributed by atoms with van der Waals surface area (Å²) in [7, 11) is 0. The van der Waals surface area contributed by atoms with Crippen LogP contribution in [0.3, 0.4) is 0 Å². The van der Waals surface area contributed by atoms with Gasteiger partial charge in [-0.2, -0.15) is 0 Å². The van der Waals surface area contributed by atoms with Crippen LogP contribution in [0.1, 0.15) is 59.6 Å². The lowest BCUT2D eigenvalue weighted by molar-refractivity contribution is -0.118. The van der Waals surface area contributed by atoms with Crippen LogP contribution < -0.4 is 0 Å². The van der Waals surface area contributed by atoms with Gasteiger partial charge in [0.15, 0.2) is 5.78 Å². The Kier molecular flexibility index (Phi) is 4.82. The quantitative estimate of drug-likeness (QED) is 0.700. The number of hydrogen-bond donors (Lipinski definition) is 1. The van der Waals surface area contributed by atoms with Crippen molar-refractivity contribution in [2.45, 2.75) is 65.1 Å². The number of ketones is 1. The van der Waals surface area contributed by atoms with Gasteiger partial charge in [-0.25, -0.2) is 4.39 Å². The van der Waals surface area contributed by atoms with E-state index in [0.29, 0.717) is 12.0 Å². The van der Waals surface area contributed by atoms with Crippen LogP contribution in [0.2, 0.25) is 0 Å². The number of benzene rings is 2. The molecule has 162 valence electrons. The monoisotopic (exact) mass is 420 g/mol. The lowest BCUT2D eigenvalue weighted by Gasteiger charge is -2.28. The number of rotatable bonds is 4. The molecule has 1 aliphatic carbocycles. The summed E-state index contributed by atoms with van der Waals surface area (Å²) in [6, 6.07) is 9.10. The van der Waals surface area contributed by atoms with Gasteiger partial charge in [0.25, 0.3) is 0 Å². The van der Waals surface area contributed by atoms with Gasteiger partial charge in [0.1, 0.15) is 11.6 Å². The van der Waals surface area contributed by atoms with Crippen molar-refractivity contribution in [3.63, 3.8) is 0 Å². The van der Waals surface area contributed by atoms with Gasteiger partial charge in [0.2, 0.25) is 0 Å². The van der Waals surface area contributed by atoms with Gasteiger partial charge in [-0.15, -0.1) is 0 Å². The summed E-state index contributed by atoms with van der Waals surface area (Å²) in [6.45, 7) is 8.23. The second kappa shape index (κ2) is 7.30. The van der Waals surface area contributed by atoms with E-state index < -0.39 is 0 Å². The van der Waals surface area contributed by atoms with Crippen LogP contribution in [0.4, 0.5) is 4.39 Å². The molecule has 31 heavy (non-hydrogen) atoms. The van der Waals surface area contributed by atoms with Gasteiger partial charge < -0.3 is 9.84 Å². The van der Waals surface area contributed by atoms with Crippen LogP contribution in [0, 0.1) is 31.5 Å². The second-order valence-corrected chi connectivity index (χ2v) is 9.32. The molecular weight excluding hydrogens is 391 g/mol. The van der Waals surface area contributed by atoms with E-state index in [9.17, 15) is 14.3 Å². The van der Waals surface area contributed by atoms with Crippen molar-refractivity contribution in [2.75, 3.05) is 0 Å². The van der Waals surface area contributed by atoms with Crippen molar-refractivity contribution < 1.29 is 19.0 Å². The Labute approximate surface area is 182 Å². The van der Waals surface area contributed by atoms with Crippen molar-refractivity contribution in [3.05, 3.63) is 75.3 Å². The predicted molar refractivity (Wildman–Crippen MR) is 119 cm³/mol. The minimum Gasteiger partial charge on any atom is -0.511 e. The minimum atomic E-state index is -0.343. The standard InChI is InChI=1S/C27H29FO3/c1-5-15-9-13(3)10-16(6-2)21(15)23-25(29)22-20-12-19(27(31-20)24(22)26(23)30)18-11-17(28)8-7-14(18)4/h7-11,19-20,22,24,27,30H,5-6,12H2,1-4H3/t19-,20-,22-,24+,27+/m0/s1. The largest absolute Gasteiger partial charge is 0.511 e. The highest BCUT2D eigenvalue weighted by atomic mass is 19.1. The molecule has 5 atom stereocenters. The molecule has 0 aromatic heterocycles. The van der Waals surface area contributed by atoms with Crippen molar-refractivity contribution in [1.82, 2.24) is 0 Å². The molecule has 0 unspecified atom stereocenters. The zero-order valence-electron chi connectivity index (χ0n) is 18.5. The number of halogens is 1. The van der Waals surface area contributed by atoms with Gasteiger partial charge >= 0.3 is 0 Å². The fourth-order valence-corrected chi connectivity index (χ4v) is 6.24. The second-order valence-electron chi connectivity index (χ2n) is 9.32. The number of aryl methyl sites for hydroxylation is 4. The van der Waals surface area contributed by atoms with Gasteiger partial charge in [0.05, 0.1) is 29.6 Å². The lowest BCUT2D eigenvalue weighted by atomic mass is 9.72. The zero-order valence-corrected chi connectivity index (χ0v) is 18.5. The molecule has 2 aromatic carbocycles. The van der Waals surface area contributed by atoms with Gasteiger partial charge in [-0.3, -0.25) is 4.79 Å². The van der Waals surface area contributed by atoms with E-state index in [1.807, 2.05) is 6.92 Å².